The Morgan fingerprint density at radius 2 is 1.75 bits per heavy atom. The topological polar surface area (TPSA) is 59.4 Å². The number of hydrogen-bond donors (Lipinski definition) is 1. The molecule has 1 amide bonds. The Morgan fingerprint density at radius 1 is 1.06 bits per heavy atom. The zero-order valence-electron chi connectivity index (χ0n) is 19.2. The van der Waals surface area contributed by atoms with Gasteiger partial charge in [0.15, 0.2) is 0 Å². The van der Waals surface area contributed by atoms with E-state index in [1.54, 1.807) is 7.11 Å². The van der Waals surface area contributed by atoms with Crippen LogP contribution < -0.4 is 10.1 Å². The summed E-state index contributed by atoms with van der Waals surface area (Å²) in [7, 11) is 1.69. The van der Waals surface area contributed by atoms with E-state index in [2.05, 4.69) is 27.4 Å². The van der Waals surface area contributed by atoms with Gasteiger partial charge in [-0.3, -0.25) is 9.69 Å². The molecule has 0 aliphatic carbocycles. The van der Waals surface area contributed by atoms with Crippen molar-refractivity contribution in [2.45, 2.75) is 33.1 Å². The van der Waals surface area contributed by atoms with Crippen LogP contribution in [0, 0.1) is 19.8 Å². The standard InChI is InChI=1S/C26H32N4O2/c1-19-26(20(2)30(28-19)23-7-5-4-6-8-23)27-25(31)18-29-15-13-22(14-16-29)17-21-9-11-24(32-3)12-10-21/h4-12,22H,13-18H2,1-3H3,(H,27,31). The van der Waals surface area contributed by atoms with Crippen molar-refractivity contribution in [3.63, 3.8) is 0 Å². The third-order valence-corrected chi connectivity index (χ3v) is 6.31. The van der Waals surface area contributed by atoms with Crippen LogP contribution in [-0.4, -0.2) is 47.3 Å². The van der Waals surface area contributed by atoms with Crippen LogP contribution in [0.2, 0.25) is 0 Å². The van der Waals surface area contributed by atoms with E-state index in [4.69, 9.17) is 4.74 Å². The number of likely N-dealkylation sites (tertiary alicyclic amines) is 1. The maximum absolute atomic E-state index is 12.8. The first-order valence-electron chi connectivity index (χ1n) is 11.3. The molecule has 0 bridgehead atoms. The van der Waals surface area contributed by atoms with Gasteiger partial charge in [-0.05, 0) is 81.9 Å². The Kier molecular flexibility index (Phi) is 6.90. The van der Waals surface area contributed by atoms with Crippen LogP contribution in [0.3, 0.4) is 0 Å². The summed E-state index contributed by atoms with van der Waals surface area (Å²) in [6.07, 6.45) is 3.31. The van der Waals surface area contributed by atoms with Gasteiger partial charge in [0, 0.05) is 0 Å². The van der Waals surface area contributed by atoms with Gasteiger partial charge in [-0.1, -0.05) is 30.3 Å². The van der Waals surface area contributed by atoms with Crippen LogP contribution in [0.4, 0.5) is 5.69 Å². The Morgan fingerprint density at radius 3 is 2.41 bits per heavy atom. The smallest absolute Gasteiger partial charge is 0.238 e. The quantitative estimate of drug-likeness (QED) is 0.602. The van der Waals surface area contributed by atoms with Crippen LogP contribution in [0.1, 0.15) is 29.8 Å². The molecule has 0 saturated carbocycles. The Labute approximate surface area is 190 Å². The van der Waals surface area contributed by atoms with Crippen molar-refractivity contribution in [3.8, 4) is 11.4 Å². The number of hydrogen-bond acceptors (Lipinski definition) is 4. The van der Waals surface area contributed by atoms with Gasteiger partial charge in [0.1, 0.15) is 5.75 Å². The summed E-state index contributed by atoms with van der Waals surface area (Å²) in [5.41, 5.74) is 4.93. The summed E-state index contributed by atoms with van der Waals surface area (Å²) in [5.74, 6) is 1.59. The summed E-state index contributed by atoms with van der Waals surface area (Å²) in [4.78, 5) is 15.0. The van der Waals surface area contributed by atoms with Gasteiger partial charge in [0.25, 0.3) is 0 Å². The maximum atomic E-state index is 12.8. The molecule has 6 heteroatoms. The highest BCUT2D eigenvalue weighted by Crippen LogP contribution is 2.25. The Hall–Kier alpha value is -3.12. The van der Waals surface area contributed by atoms with Crippen molar-refractivity contribution in [2.24, 2.45) is 5.92 Å². The molecule has 0 radical (unpaired) electrons. The van der Waals surface area contributed by atoms with Crippen molar-refractivity contribution in [2.75, 3.05) is 32.1 Å². The highest BCUT2D eigenvalue weighted by molar-refractivity contribution is 5.93. The van der Waals surface area contributed by atoms with Gasteiger partial charge in [-0.2, -0.15) is 5.10 Å². The molecule has 1 N–H and O–H groups in total. The average Bonchev–Trinajstić information content (AvgIpc) is 3.10. The summed E-state index contributed by atoms with van der Waals surface area (Å²) in [6.45, 7) is 6.26. The average molecular weight is 433 g/mol. The number of rotatable bonds is 7. The lowest BCUT2D eigenvalue weighted by molar-refractivity contribution is -0.117. The summed E-state index contributed by atoms with van der Waals surface area (Å²) < 4.78 is 7.13. The molecule has 2 heterocycles. The number of carbonyl (C=O) groups excluding carboxylic acids is 1. The fourth-order valence-electron chi connectivity index (χ4n) is 4.47. The first-order chi connectivity index (χ1) is 15.5. The lowest BCUT2D eigenvalue weighted by atomic mass is 9.90. The zero-order chi connectivity index (χ0) is 22.5. The molecular weight excluding hydrogens is 400 g/mol. The second kappa shape index (κ2) is 10.0. The molecule has 32 heavy (non-hydrogen) atoms. The molecule has 0 atom stereocenters. The molecule has 0 spiro atoms. The lowest BCUT2D eigenvalue weighted by Crippen LogP contribution is -2.39. The third kappa shape index (κ3) is 5.19. The number of aromatic nitrogens is 2. The fraction of sp³-hybridized carbons (Fsp3) is 0.385. The minimum Gasteiger partial charge on any atom is -0.497 e. The van der Waals surface area contributed by atoms with Gasteiger partial charge < -0.3 is 10.1 Å². The molecule has 0 unspecified atom stereocenters. The number of methoxy groups -OCH3 is 1. The minimum atomic E-state index is 0.0254. The third-order valence-electron chi connectivity index (χ3n) is 6.31. The highest BCUT2D eigenvalue weighted by atomic mass is 16.5. The van der Waals surface area contributed by atoms with E-state index in [9.17, 15) is 4.79 Å². The summed E-state index contributed by atoms with van der Waals surface area (Å²) in [5, 5.41) is 7.72. The van der Waals surface area contributed by atoms with E-state index in [-0.39, 0.29) is 5.91 Å². The summed E-state index contributed by atoms with van der Waals surface area (Å²) in [6, 6.07) is 18.3. The number of para-hydroxylation sites is 1. The lowest BCUT2D eigenvalue weighted by Gasteiger charge is -2.31. The number of ether oxygens (including phenoxy) is 1. The van der Waals surface area contributed by atoms with E-state index in [0.717, 1.165) is 60.9 Å². The molecule has 4 rings (SSSR count). The predicted octanol–water partition coefficient (Wildman–Crippen LogP) is 4.39. The van der Waals surface area contributed by atoms with Gasteiger partial charge >= 0.3 is 0 Å². The highest BCUT2D eigenvalue weighted by Gasteiger charge is 2.22. The second-order valence-electron chi connectivity index (χ2n) is 8.61. The van der Waals surface area contributed by atoms with Crippen molar-refractivity contribution >= 4 is 11.6 Å². The van der Waals surface area contributed by atoms with Gasteiger partial charge in [-0.25, -0.2) is 4.68 Å². The van der Waals surface area contributed by atoms with Crippen molar-refractivity contribution < 1.29 is 9.53 Å². The van der Waals surface area contributed by atoms with Crippen LogP contribution in [-0.2, 0) is 11.2 Å². The first kappa shape index (κ1) is 22.1. The molecule has 2 aromatic carbocycles. The van der Waals surface area contributed by atoms with Crippen LogP contribution in [0.5, 0.6) is 5.75 Å². The first-order valence-corrected chi connectivity index (χ1v) is 11.3. The molecule has 168 valence electrons. The number of piperidine rings is 1. The maximum Gasteiger partial charge on any atom is 0.238 e. The van der Waals surface area contributed by atoms with Crippen molar-refractivity contribution in [1.82, 2.24) is 14.7 Å². The molecule has 6 nitrogen and oxygen atoms in total. The largest absolute Gasteiger partial charge is 0.497 e. The van der Waals surface area contributed by atoms with Crippen LogP contribution >= 0.6 is 0 Å². The van der Waals surface area contributed by atoms with E-state index in [1.165, 1.54) is 5.56 Å². The van der Waals surface area contributed by atoms with Gasteiger partial charge in [-0.15, -0.1) is 0 Å². The zero-order valence-corrected chi connectivity index (χ0v) is 19.2. The minimum absolute atomic E-state index is 0.0254. The molecule has 1 saturated heterocycles. The number of nitrogens with zero attached hydrogens (tertiary/aromatic N) is 3. The fourth-order valence-corrected chi connectivity index (χ4v) is 4.47. The number of benzene rings is 2. The number of amides is 1. The number of nitrogens with one attached hydrogen (secondary N) is 1. The molecular formula is C26H32N4O2. The monoisotopic (exact) mass is 432 g/mol. The molecule has 1 aromatic heterocycles. The Bertz CT molecular complexity index is 1040. The van der Waals surface area contributed by atoms with Gasteiger partial charge in [0.2, 0.25) is 5.91 Å². The molecule has 1 aliphatic heterocycles. The van der Waals surface area contributed by atoms with E-state index < -0.39 is 0 Å². The predicted molar refractivity (Wildman–Crippen MR) is 128 cm³/mol. The number of aryl methyl sites for hydroxylation is 1. The van der Waals surface area contributed by atoms with Crippen LogP contribution in [0.25, 0.3) is 5.69 Å². The number of anilines is 1. The Balaban J connectivity index is 1.29. The van der Waals surface area contributed by atoms with Crippen molar-refractivity contribution in [1.29, 1.82) is 0 Å². The molecule has 3 aromatic rings. The van der Waals surface area contributed by atoms with Crippen molar-refractivity contribution in [3.05, 3.63) is 71.5 Å². The second-order valence-corrected chi connectivity index (χ2v) is 8.61. The normalized spacial score (nSPS) is 15.0. The van der Waals surface area contributed by atoms with E-state index >= 15 is 0 Å². The van der Waals surface area contributed by atoms with Crippen LogP contribution in [0.15, 0.2) is 54.6 Å². The number of carbonyl (C=O) groups is 1. The van der Waals surface area contributed by atoms with E-state index in [1.807, 2.05) is 61.0 Å². The van der Waals surface area contributed by atoms with E-state index in [0.29, 0.717) is 12.5 Å². The van der Waals surface area contributed by atoms with Gasteiger partial charge in [0.05, 0.1) is 36.4 Å². The molecule has 1 fully saturated rings. The summed E-state index contributed by atoms with van der Waals surface area (Å²) >= 11 is 0. The SMILES string of the molecule is COc1ccc(CC2CCN(CC(=O)Nc3c(C)nn(-c4ccccc4)c3C)CC2)cc1. The molecule has 1 aliphatic rings.